The molecule has 0 spiro atoms. The smallest absolute Gasteiger partial charge is 0.130 e. The molecule has 2 aliphatic rings. The molecule has 0 radical (unpaired) electrons. The van der Waals surface area contributed by atoms with Gasteiger partial charge in [0.25, 0.3) is 0 Å². The van der Waals surface area contributed by atoms with Crippen LogP contribution in [0, 0.1) is 50.7 Å². The number of allylic oxidation sites excluding steroid dienone is 4. The highest BCUT2D eigenvalue weighted by atomic mass is 15.2. The number of benzene rings is 7. The Morgan fingerprint density at radius 2 is 0.914 bits per heavy atom. The highest BCUT2D eigenvalue weighted by Crippen LogP contribution is 2.54. The number of anilines is 2. The molecule has 0 saturated carbocycles. The van der Waals surface area contributed by atoms with Crippen LogP contribution in [-0.4, -0.2) is 10.6 Å². The molecule has 0 N–H and O–H groups in total. The Labute approximate surface area is 412 Å². The zero-order chi connectivity index (χ0) is 50.0. The maximum atomic E-state index is 10.3. The quantitative estimate of drug-likeness (QED) is 0.129. The van der Waals surface area contributed by atoms with Gasteiger partial charge in [0.2, 0.25) is 0 Å². The van der Waals surface area contributed by atoms with Crippen LogP contribution in [0.4, 0.5) is 11.4 Å². The van der Waals surface area contributed by atoms with Gasteiger partial charge < -0.3 is 9.47 Å². The van der Waals surface area contributed by atoms with Gasteiger partial charge in [-0.05, 0) is 126 Å². The van der Waals surface area contributed by atoms with Gasteiger partial charge in [-0.15, -0.1) is 0 Å². The Balaban J connectivity index is 1.36. The van der Waals surface area contributed by atoms with Crippen molar-refractivity contribution in [3.63, 3.8) is 0 Å². The minimum Gasteiger partial charge on any atom is -0.333 e. The van der Waals surface area contributed by atoms with Crippen molar-refractivity contribution < 1.29 is 0 Å². The number of nitriles is 4. The molecule has 7 aromatic carbocycles. The molecule has 70 heavy (non-hydrogen) atoms. The Bertz CT molecular complexity index is 3760. The van der Waals surface area contributed by atoms with E-state index in [1.165, 1.54) is 27.8 Å². The topological polar surface area (TPSA) is 103 Å². The second-order valence-corrected chi connectivity index (χ2v) is 23.5. The molecule has 0 fully saturated rings. The van der Waals surface area contributed by atoms with E-state index in [0.717, 1.165) is 82.3 Å². The van der Waals surface area contributed by atoms with Crippen LogP contribution in [0.15, 0.2) is 126 Å². The fourth-order valence-corrected chi connectivity index (χ4v) is 11.0. The standard InChI is InChI=1S/C64H58N6/c1-61(2,3)41-13-21-53-49(29-41)50-30-42(62(4,5)6)14-22-54(50)69(53)57-27-39(25-37(33-65)34-66)45-18-20-48-58(28-40(26-38(35-67)36-68)46-17-19-47(57)59(45)60(46)48)70-55-23-15-43(63(7,8)9)31-51(55)52-32-44(64(10,11)12)16-24-56(52)70/h13-32,49,53H,1-12H3. The first-order valence-corrected chi connectivity index (χ1v) is 24.3. The summed E-state index contributed by atoms with van der Waals surface area (Å²) < 4.78 is 2.36. The van der Waals surface area contributed by atoms with E-state index in [4.69, 9.17) is 0 Å². The third-order valence-electron chi connectivity index (χ3n) is 14.9. The third kappa shape index (κ3) is 7.26. The zero-order valence-electron chi connectivity index (χ0n) is 42.4. The van der Waals surface area contributed by atoms with E-state index in [0.29, 0.717) is 0 Å². The monoisotopic (exact) mass is 910 g/mol. The average molecular weight is 911 g/mol. The number of rotatable bonds is 4. The summed E-state index contributed by atoms with van der Waals surface area (Å²) in [6.07, 6.45) is 10.5. The van der Waals surface area contributed by atoms with Gasteiger partial charge in [0.15, 0.2) is 0 Å². The van der Waals surface area contributed by atoms with E-state index in [9.17, 15) is 21.0 Å². The van der Waals surface area contributed by atoms with Crippen LogP contribution < -0.4 is 4.90 Å². The van der Waals surface area contributed by atoms with Crippen LogP contribution in [0.1, 0.15) is 122 Å². The molecule has 344 valence electrons. The second-order valence-electron chi connectivity index (χ2n) is 23.5. The molecular formula is C64H58N6. The van der Waals surface area contributed by atoms with Gasteiger partial charge in [-0.2, -0.15) is 21.0 Å². The van der Waals surface area contributed by atoms with Crippen molar-refractivity contribution in [2.75, 3.05) is 4.90 Å². The molecule has 0 bridgehead atoms. The first-order valence-electron chi connectivity index (χ1n) is 24.3. The zero-order valence-corrected chi connectivity index (χ0v) is 42.4. The van der Waals surface area contributed by atoms with Crippen LogP contribution in [0.5, 0.6) is 0 Å². The third-order valence-corrected chi connectivity index (χ3v) is 14.9. The molecule has 1 aromatic heterocycles. The average Bonchev–Trinajstić information content (AvgIpc) is 3.82. The minimum absolute atomic E-state index is 0.00551. The molecule has 0 saturated heterocycles. The highest BCUT2D eigenvalue weighted by Gasteiger charge is 2.41. The molecule has 6 heteroatoms. The Hall–Kier alpha value is -7.90. The van der Waals surface area contributed by atoms with Crippen molar-refractivity contribution in [2.45, 2.75) is 111 Å². The summed E-state index contributed by atoms with van der Waals surface area (Å²) in [6.45, 7) is 27.1. The van der Waals surface area contributed by atoms with Crippen LogP contribution in [0.3, 0.4) is 0 Å². The van der Waals surface area contributed by atoms with Crippen molar-refractivity contribution in [1.82, 2.24) is 4.57 Å². The molecule has 2 heterocycles. The van der Waals surface area contributed by atoms with E-state index in [1.807, 2.05) is 0 Å². The van der Waals surface area contributed by atoms with Gasteiger partial charge in [-0.1, -0.05) is 150 Å². The molecule has 2 atom stereocenters. The lowest BCUT2D eigenvalue weighted by molar-refractivity contribution is 0.507. The Morgan fingerprint density at radius 3 is 1.39 bits per heavy atom. The summed E-state index contributed by atoms with van der Waals surface area (Å²) in [4.78, 5) is 2.47. The maximum Gasteiger partial charge on any atom is 0.130 e. The van der Waals surface area contributed by atoms with Crippen LogP contribution in [-0.2, 0) is 16.2 Å². The number of nitrogens with zero attached hydrogens (tertiary/aromatic N) is 6. The van der Waals surface area contributed by atoms with Gasteiger partial charge in [-0.3, -0.25) is 0 Å². The summed E-state index contributed by atoms with van der Waals surface area (Å²) in [6, 6.07) is 42.0. The SMILES string of the molecule is CC(C)(C)C1=CC2c3cc(C(C)(C)C)ccc3N(c3cc(C=C(C#N)C#N)c4ccc5c(-n6c7ccc(C(C)(C)C)cc7c7cc(C(C)(C)C)ccc76)cc(C=C(C#N)C#N)c6ccc3c4c65)C2C=C1. The predicted octanol–water partition coefficient (Wildman–Crippen LogP) is 16.6. The van der Waals surface area contributed by atoms with E-state index < -0.39 is 0 Å². The molecule has 8 aromatic rings. The molecule has 1 aliphatic heterocycles. The van der Waals surface area contributed by atoms with Gasteiger partial charge in [-0.25, -0.2) is 0 Å². The van der Waals surface area contributed by atoms with E-state index >= 15 is 0 Å². The van der Waals surface area contributed by atoms with Gasteiger partial charge >= 0.3 is 0 Å². The van der Waals surface area contributed by atoms with Crippen LogP contribution in [0.2, 0.25) is 0 Å². The molecule has 2 unspecified atom stereocenters. The summed E-state index contributed by atoms with van der Waals surface area (Å²) in [7, 11) is 0. The normalized spacial score (nSPS) is 15.9. The maximum absolute atomic E-state index is 10.3. The van der Waals surface area contributed by atoms with E-state index in [1.54, 1.807) is 12.2 Å². The van der Waals surface area contributed by atoms with Crippen LogP contribution in [0.25, 0.3) is 72.0 Å². The Morgan fingerprint density at radius 1 is 0.471 bits per heavy atom. The number of aromatic nitrogens is 1. The first-order chi connectivity index (χ1) is 33.0. The molecule has 1 aliphatic carbocycles. The van der Waals surface area contributed by atoms with Crippen LogP contribution >= 0.6 is 0 Å². The number of hydrogen-bond donors (Lipinski definition) is 0. The second kappa shape index (κ2) is 15.8. The van der Waals surface area contributed by atoms with Crippen molar-refractivity contribution in [3.8, 4) is 30.0 Å². The fourth-order valence-electron chi connectivity index (χ4n) is 11.0. The van der Waals surface area contributed by atoms with Crippen molar-refractivity contribution >= 4 is 77.7 Å². The minimum atomic E-state index is -0.0790. The van der Waals surface area contributed by atoms with Gasteiger partial charge in [0, 0.05) is 43.9 Å². The number of hydrogen-bond acceptors (Lipinski definition) is 5. The van der Waals surface area contributed by atoms with Gasteiger partial charge in [0.1, 0.15) is 35.4 Å². The fraction of sp³-hybridized carbons (Fsp3) is 0.281. The number of fused-ring (bicyclic) bond motifs is 6. The van der Waals surface area contributed by atoms with E-state index in [2.05, 4.69) is 226 Å². The molecule has 6 nitrogen and oxygen atoms in total. The van der Waals surface area contributed by atoms with Gasteiger partial charge in [0.05, 0.1) is 28.5 Å². The Kier molecular flexibility index (Phi) is 10.4. The summed E-state index contributed by atoms with van der Waals surface area (Å²) in [5.74, 6) is 0.0782. The first kappa shape index (κ1) is 45.9. The van der Waals surface area contributed by atoms with E-state index in [-0.39, 0.29) is 44.8 Å². The highest BCUT2D eigenvalue weighted by molar-refractivity contribution is 6.30. The lowest BCUT2D eigenvalue weighted by atomic mass is 9.77. The summed E-state index contributed by atoms with van der Waals surface area (Å²) >= 11 is 0. The summed E-state index contributed by atoms with van der Waals surface area (Å²) in [5, 5.41) is 49.1. The lowest BCUT2D eigenvalue weighted by Gasteiger charge is -2.33. The largest absolute Gasteiger partial charge is 0.333 e. The molecule has 0 amide bonds. The molecule has 10 rings (SSSR count). The molecular weight excluding hydrogens is 853 g/mol. The predicted molar refractivity (Wildman–Crippen MR) is 291 cm³/mol. The lowest BCUT2D eigenvalue weighted by Crippen LogP contribution is -2.30. The van der Waals surface area contributed by atoms with Crippen molar-refractivity contribution in [1.29, 1.82) is 21.0 Å². The summed E-state index contributed by atoms with van der Waals surface area (Å²) in [5.41, 5.74) is 12.7. The van der Waals surface area contributed by atoms with Crippen molar-refractivity contribution in [2.24, 2.45) is 5.41 Å². The van der Waals surface area contributed by atoms with Crippen molar-refractivity contribution in [3.05, 3.63) is 159 Å².